The number of hydrogen-bond donors (Lipinski definition) is 0. The Morgan fingerprint density at radius 3 is 2.72 bits per heavy atom. The highest BCUT2D eigenvalue weighted by atomic mass is 16.5. The highest BCUT2D eigenvalue weighted by Crippen LogP contribution is 2.21. The molecule has 4 nitrogen and oxygen atoms in total. The summed E-state index contributed by atoms with van der Waals surface area (Å²) < 4.78 is 4.79. The van der Waals surface area contributed by atoms with Crippen molar-refractivity contribution in [2.24, 2.45) is 0 Å². The Labute approximate surface area is 108 Å². The van der Waals surface area contributed by atoms with Gasteiger partial charge in [0.25, 0.3) is 0 Å². The van der Waals surface area contributed by atoms with Crippen LogP contribution in [0.3, 0.4) is 0 Å². The predicted octanol–water partition coefficient (Wildman–Crippen LogP) is 1.37. The summed E-state index contributed by atoms with van der Waals surface area (Å²) in [5, 5.41) is 0. The molecule has 1 aromatic carbocycles. The van der Waals surface area contributed by atoms with Crippen molar-refractivity contribution >= 4 is 11.7 Å². The van der Waals surface area contributed by atoms with Crippen LogP contribution < -0.4 is 4.90 Å². The number of likely N-dealkylation sites (N-methyl/N-ethyl adjacent to an activating group) is 1. The van der Waals surface area contributed by atoms with E-state index < -0.39 is 0 Å². The Morgan fingerprint density at radius 2 is 2.06 bits per heavy atom. The molecule has 0 saturated carbocycles. The van der Waals surface area contributed by atoms with Crippen LogP contribution in [0.15, 0.2) is 30.3 Å². The Bertz CT molecular complexity index is 394. The molecule has 0 radical (unpaired) electrons. The van der Waals surface area contributed by atoms with E-state index in [0.29, 0.717) is 6.42 Å². The third-order valence-electron chi connectivity index (χ3n) is 3.40. The van der Waals surface area contributed by atoms with Gasteiger partial charge in [-0.1, -0.05) is 18.2 Å². The van der Waals surface area contributed by atoms with Crippen molar-refractivity contribution in [3.63, 3.8) is 0 Å². The maximum atomic E-state index is 11.5. The third kappa shape index (κ3) is 3.01. The molecule has 0 N–H and O–H groups in total. The van der Waals surface area contributed by atoms with Crippen molar-refractivity contribution < 1.29 is 9.53 Å². The quantitative estimate of drug-likeness (QED) is 0.756. The fourth-order valence-corrected chi connectivity index (χ4v) is 2.42. The van der Waals surface area contributed by atoms with Gasteiger partial charge in [0.15, 0.2) is 0 Å². The highest BCUT2D eigenvalue weighted by molar-refractivity contribution is 5.71. The van der Waals surface area contributed by atoms with E-state index in [2.05, 4.69) is 29.0 Å². The maximum Gasteiger partial charge on any atom is 0.307 e. The number of methoxy groups -OCH3 is 1. The number of carbonyl (C=O) groups excluding carboxylic acids is 1. The van der Waals surface area contributed by atoms with Crippen LogP contribution in [0, 0.1) is 0 Å². The van der Waals surface area contributed by atoms with Gasteiger partial charge in [-0.3, -0.25) is 4.79 Å². The first-order valence-corrected chi connectivity index (χ1v) is 6.27. The molecule has 0 amide bonds. The fourth-order valence-electron chi connectivity index (χ4n) is 2.42. The molecule has 1 aromatic rings. The molecule has 18 heavy (non-hydrogen) atoms. The number of benzene rings is 1. The average Bonchev–Trinajstić information content (AvgIpc) is 2.40. The standard InChI is InChI=1S/C14H20N2O2/c1-15-8-9-16(12-6-4-3-5-7-12)13(11-15)10-14(17)18-2/h3-7,13H,8-11H2,1-2H3. The third-order valence-corrected chi connectivity index (χ3v) is 3.40. The number of anilines is 1. The summed E-state index contributed by atoms with van der Waals surface area (Å²) in [5.74, 6) is -0.142. The molecule has 1 unspecified atom stereocenters. The van der Waals surface area contributed by atoms with Gasteiger partial charge in [-0.2, -0.15) is 0 Å². The molecule has 1 heterocycles. The van der Waals surface area contributed by atoms with E-state index in [1.807, 2.05) is 18.2 Å². The summed E-state index contributed by atoms with van der Waals surface area (Å²) in [7, 11) is 3.54. The van der Waals surface area contributed by atoms with Crippen LogP contribution in [0.25, 0.3) is 0 Å². The minimum Gasteiger partial charge on any atom is -0.469 e. The van der Waals surface area contributed by atoms with Crippen LogP contribution in [-0.2, 0) is 9.53 Å². The molecular formula is C14H20N2O2. The first-order chi connectivity index (χ1) is 8.70. The zero-order chi connectivity index (χ0) is 13.0. The fraction of sp³-hybridized carbons (Fsp3) is 0.500. The van der Waals surface area contributed by atoms with Crippen molar-refractivity contribution in [1.82, 2.24) is 4.90 Å². The molecule has 1 saturated heterocycles. The minimum absolute atomic E-state index is 0.142. The van der Waals surface area contributed by atoms with Gasteiger partial charge in [0, 0.05) is 25.3 Å². The molecule has 1 aliphatic rings. The number of carbonyl (C=O) groups is 1. The van der Waals surface area contributed by atoms with Crippen molar-refractivity contribution in [3.05, 3.63) is 30.3 Å². The lowest BCUT2D eigenvalue weighted by atomic mass is 10.1. The van der Waals surface area contributed by atoms with Crippen molar-refractivity contribution in [2.45, 2.75) is 12.5 Å². The Hall–Kier alpha value is -1.55. The van der Waals surface area contributed by atoms with Gasteiger partial charge in [-0.25, -0.2) is 0 Å². The van der Waals surface area contributed by atoms with Gasteiger partial charge >= 0.3 is 5.97 Å². The molecule has 0 spiro atoms. The van der Waals surface area contributed by atoms with E-state index in [9.17, 15) is 4.79 Å². The van der Waals surface area contributed by atoms with Gasteiger partial charge in [-0.15, -0.1) is 0 Å². The van der Waals surface area contributed by atoms with Gasteiger partial charge in [-0.05, 0) is 19.2 Å². The largest absolute Gasteiger partial charge is 0.469 e. The second kappa shape index (κ2) is 5.87. The monoisotopic (exact) mass is 248 g/mol. The van der Waals surface area contributed by atoms with Crippen molar-refractivity contribution in [3.8, 4) is 0 Å². The van der Waals surface area contributed by atoms with Gasteiger partial charge < -0.3 is 14.5 Å². The van der Waals surface area contributed by atoms with Crippen LogP contribution in [-0.4, -0.2) is 50.7 Å². The zero-order valence-electron chi connectivity index (χ0n) is 11.0. The molecule has 0 bridgehead atoms. The first kappa shape index (κ1) is 12.9. The molecule has 2 rings (SSSR count). The molecule has 98 valence electrons. The average molecular weight is 248 g/mol. The number of ether oxygens (including phenoxy) is 1. The van der Waals surface area contributed by atoms with Crippen molar-refractivity contribution in [1.29, 1.82) is 0 Å². The normalized spacial score (nSPS) is 20.8. The van der Waals surface area contributed by atoms with E-state index in [4.69, 9.17) is 4.74 Å². The second-order valence-corrected chi connectivity index (χ2v) is 4.73. The Kier molecular flexibility index (Phi) is 4.20. The number of para-hydroxylation sites is 1. The summed E-state index contributed by atoms with van der Waals surface area (Å²) in [5.41, 5.74) is 1.18. The lowest BCUT2D eigenvalue weighted by molar-refractivity contribution is -0.141. The maximum absolute atomic E-state index is 11.5. The van der Waals surface area contributed by atoms with E-state index in [-0.39, 0.29) is 12.0 Å². The van der Waals surface area contributed by atoms with Crippen molar-refractivity contribution in [2.75, 3.05) is 38.7 Å². The highest BCUT2D eigenvalue weighted by Gasteiger charge is 2.27. The Balaban J connectivity index is 2.13. The predicted molar refractivity (Wildman–Crippen MR) is 71.7 cm³/mol. The van der Waals surface area contributed by atoms with Gasteiger partial charge in [0.1, 0.15) is 0 Å². The molecular weight excluding hydrogens is 228 g/mol. The van der Waals surface area contributed by atoms with Crippen LogP contribution in [0.5, 0.6) is 0 Å². The van der Waals surface area contributed by atoms with E-state index in [0.717, 1.165) is 19.6 Å². The van der Waals surface area contributed by atoms with Crippen LogP contribution >= 0.6 is 0 Å². The minimum atomic E-state index is -0.142. The second-order valence-electron chi connectivity index (χ2n) is 4.73. The van der Waals surface area contributed by atoms with Crippen LogP contribution in [0.2, 0.25) is 0 Å². The number of esters is 1. The molecule has 1 aliphatic heterocycles. The summed E-state index contributed by atoms with van der Waals surface area (Å²) >= 11 is 0. The molecule has 0 aromatic heterocycles. The summed E-state index contributed by atoms with van der Waals surface area (Å²) in [6, 6.07) is 10.4. The van der Waals surface area contributed by atoms with E-state index in [1.165, 1.54) is 12.8 Å². The molecule has 1 atom stereocenters. The summed E-state index contributed by atoms with van der Waals surface area (Å²) in [6.45, 7) is 2.86. The topological polar surface area (TPSA) is 32.8 Å². The molecule has 4 heteroatoms. The lowest BCUT2D eigenvalue weighted by Crippen LogP contribution is -2.52. The number of piperazine rings is 1. The first-order valence-electron chi connectivity index (χ1n) is 6.27. The van der Waals surface area contributed by atoms with E-state index >= 15 is 0 Å². The van der Waals surface area contributed by atoms with Crippen LogP contribution in [0.1, 0.15) is 6.42 Å². The lowest BCUT2D eigenvalue weighted by Gasteiger charge is -2.41. The molecule has 1 fully saturated rings. The zero-order valence-corrected chi connectivity index (χ0v) is 11.0. The number of hydrogen-bond acceptors (Lipinski definition) is 4. The number of nitrogens with zero attached hydrogens (tertiary/aromatic N) is 2. The van der Waals surface area contributed by atoms with Gasteiger partial charge in [0.05, 0.1) is 19.6 Å². The number of rotatable bonds is 3. The Morgan fingerprint density at radius 1 is 1.33 bits per heavy atom. The van der Waals surface area contributed by atoms with Gasteiger partial charge in [0.2, 0.25) is 0 Å². The van der Waals surface area contributed by atoms with E-state index in [1.54, 1.807) is 0 Å². The SMILES string of the molecule is COC(=O)CC1CN(C)CCN1c1ccccc1. The smallest absolute Gasteiger partial charge is 0.307 e. The molecule has 0 aliphatic carbocycles. The summed E-state index contributed by atoms with van der Waals surface area (Å²) in [6.07, 6.45) is 0.440. The van der Waals surface area contributed by atoms with Crippen LogP contribution in [0.4, 0.5) is 5.69 Å². The summed E-state index contributed by atoms with van der Waals surface area (Å²) in [4.78, 5) is 16.1.